The summed E-state index contributed by atoms with van der Waals surface area (Å²) in [5.74, 6) is -0.799. The van der Waals surface area contributed by atoms with Crippen molar-refractivity contribution in [1.29, 1.82) is 0 Å². The molecule has 0 unspecified atom stereocenters. The first-order chi connectivity index (χ1) is 12.8. The second-order valence-electron chi connectivity index (χ2n) is 6.35. The van der Waals surface area contributed by atoms with Crippen molar-refractivity contribution in [3.8, 4) is 0 Å². The molecule has 9 heteroatoms. The molecule has 0 spiro atoms. The van der Waals surface area contributed by atoms with Crippen LogP contribution in [0.1, 0.15) is 44.6 Å². The largest absolute Gasteiger partial charge is 0.480 e. The maximum atomic E-state index is 12.1. The molecule has 0 fully saturated rings. The van der Waals surface area contributed by atoms with Gasteiger partial charge in [-0.15, -0.1) is 0 Å². The van der Waals surface area contributed by atoms with E-state index in [4.69, 9.17) is 5.11 Å². The van der Waals surface area contributed by atoms with Crippen LogP contribution in [-0.4, -0.2) is 55.8 Å². The van der Waals surface area contributed by atoms with Crippen LogP contribution < -0.4 is 4.72 Å². The Balaban J connectivity index is 1.77. The van der Waals surface area contributed by atoms with Gasteiger partial charge in [0, 0.05) is 25.1 Å². The minimum Gasteiger partial charge on any atom is -0.480 e. The van der Waals surface area contributed by atoms with Gasteiger partial charge in [0.25, 0.3) is 10.0 Å². The predicted octanol–water partition coefficient (Wildman–Crippen LogP) is 1.61. The molecule has 1 amide bonds. The summed E-state index contributed by atoms with van der Waals surface area (Å²) in [6.45, 7) is 2.53. The number of carboxylic acid groups (broad SMARTS) is 1. The lowest BCUT2D eigenvalue weighted by atomic mass is 10.1. The first kappa shape index (κ1) is 20.9. The van der Waals surface area contributed by atoms with Gasteiger partial charge in [-0.2, -0.15) is 0 Å². The van der Waals surface area contributed by atoms with Gasteiger partial charge in [-0.05, 0) is 31.4 Å². The predicted molar refractivity (Wildman–Crippen MR) is 101 cm³/mol. The first-order valence-corrected chi connectivity index (χ1v) is 10.5. The summed E-state index contributed by atoms with van der Waals surface area (Å²) in [5.41, 5.74) is 0.580. The number of hydrogen-bond donors (Lipinski definition) is 2. The van der Waals surface area contributed by atoms with E-state index in [0.717, 1.165) is 6.42 Å². The number of carbonyl (C=O) groups is 2. The van der Waals surface area contributed by atoms with Crippen LogP contribution in [0.15, 0.2) is 34.2 Å². The SMILES string of the molecule is CCCN(CC(=O)O)C(=O)CCCCCN=C1NS(=O)(=O)c2ccccc21. The van der Waals surface area contributed by atoms with Crippen LogP contribution in [0.4, 0.5) is 0 Å². The van der Waals surface area contributed by atoms with Crippen LogP contribution in [0.25, 0.3) is 0 Å². The zero-order valence-electron chi connectivity index (χ0n) is 15.3. The van der Waals surface area contributed by atoms with E-state index in [0.29, 0.717) is 50.2 Å². The highest BCUT2D eigenvalue weighted by Gasteiger charge is 2.29. The maximum Gasteiger partial charge on any atom is 0.323 e. The average Bonchev–Trinajstić information content (AvgIpc) is 2.88. The van der Waals surface area contributed by atoms with Crippen molar-refractivity contribution in [2.75, 3.05) is 19.6 Å². The standard InChI is InChI=1S/C18H25N3O5S/c1-2-12-21(13-17(23)24)16(22)10-4-3-7-11-19-18-14-8-5-6-9-15(14)27(25,26)20-18/h5-6,8-9H,2-4,7,10-13H2,1H3,(H,19,20)(H,23,24). The monoisotopic (exact) mass is 395 g/mol. The molecule has 1 aliphatic heterocycles. The number of hydrogen-bond acceptors (Lipinski definition) is 5. The molecule has 0 radical (unpaired) electrons. The average molecular weight is 395 g/mol. The number of amidine groups is 1. The van der Waals surface area contributed by atoms with Crippen molar-refractivity contribution >= 4 is 27.7 Å². The van der Waals surface area contributed by atoms with Crippen LogP contribution in [0.2, 0.25) is 0 Å². The molecule has 148 valence electrons. The molecule has 1 aliphatic rings. The van der Waals surface area contributed by atoms with E-state index in [1.165, 1.54) is 4.90 Å². The summed E-state index contributed by atoms with van der Waals surface area (Å²) in [6.07, 6.45) is 3.14. The van der Waals surface area contributed by atoms with Crippen LogP contribution in [0.3, 0.4) is 0 Å². The lowest BCUT2D eigenvalue weighted by Gasteiger charge is -2.19. The molecule has 2 N–H and O–H groups in total. The zero-order chi connectivity index (χ0) is 19.9. The Labute approximate surface area is 159 Å². The van der Waals surface area contributed by atoms with Gasteiger partial charge in [0.1, 0.15) is 12.4 Å². The number of amides is 1. The Morgan fingerprint density at radius 3 is 2.63 bits per heavy atom. The van der Waals surface area contributed by atoms with Crippen molar-refractivity contribution in [1.82, 2.24) is 9.62 Å². The normalized spacial score (nSPS) is 16.0. The number of nitrogens with one attached hydrogen (secondary N) is 1. The molecule has 0 saturated carbocycles. The topological polar surface area (TPSA) is 116 Å². The highest BCUT2D eigenvalue weighted by molar-refractivity contribution is 7.90. The Morgan fingerprint density at radius 1 is 1.19 bits per heavy atom. The number of benzene rings is 1. The number of rotatable bonds is 10. The van der Waals surface area contributed by atoms with Gasteiger partial charge in [-0.25, -0.2) is 8.42 Å². The lowest BCUT2D eigenvalue weighted by molar-refractivity contribution is -0.144. The molecule has 1 heterocycles. The van der Waals surface area contributed by atoms with Crippen LogP contribution in [0, 0.1) is 0 Å². The van der Waals surface area contributed by atoms with Gasteiger partial charge in [-0.1, -0.05) is 25.5 Å². The number of carboxylic acids is 1. The highest BCUT2D eigenvalue weighted by Crippen LogP contribution is 2.22. The summed E-state index contributed by atoms with van der Waals surface area (Å²) in [5, 5.41) is 8.85. The number of unbranched alkanes of at least 4 members (excludes halogenated alkanes) is 2. The Kier molecular flexibility index (Phi) is 7.35. The smallest absolute Gasteiger partial charge is 0.323 e. The summed E-state index contributed by atoms with van der Waals surface area (Å²) in [7, 11) is -3.52. The molecule has 1 aromatic carbocycles. The van der Waals surface area contributed by atoms with Crippen molar-refractivity contribution in [2.24, 2.45) is 4.99 Å². The molecule has 0 atom stereocenters. The van der Waals surface area contributed by atoms with Gasteiger partial charge >= 0.3 is 5.97 Å². The van der Waals surface area contributed by atoms with E-state index in [9.17, 15) is 18.0 Å². The Hall–Kier alpha value is -2.42. The molecule has 0 bridgehead atoms. The van der Waals surface area contributed by atoms with Crippen molar-refractivity contribution < 1.29 is 23.1 Å². The van der Waals surface area contributed by atoms with E-state index in [1.54, 1.807) is 24.3 Å². The second kappa shape index (κ2) is 9.50. The van der Waals surface area contributed by atoms with E-state index >= 15 is 0 Å². The maximum absolute atomic E-state index is 12.1. The molecule has 2 rings (SSSR count). The van der Waals surface area contributed by atoms with E-state index in [-0.39, 0.29) is 17.3 Å². The number of carbonyl (C=O) groups excluding carboxylic acids is 1. The summed E-state index contributed by atoms with van der Waals surface area (Å²) in [4.78, 5) is 28.8. The van der Waals surface area contributed by atoms with Crippen molar-refractivity contribution in [3.63, 3.8) is 0 Å². The molecule has 27 heavy (non-hydrogen) atoms. The number of aliphatic imine (C=N–C) groups is 1. The molecule has 8 nitrogen and oxygen atoms in total. The number of fused-ring (bicyclic) bond motifs is 1. The van der Waals surface area contributed by atoms with Crippen LogP contribution >= 0.6 is 0 Å². The van der Waals surface area contributed by atoms with E-state index < -0.39 is 16.0 Å². The summed E-state index contributed by atoms with van der Waals surface area (Å²) >= 11 is 0. The minimum atomic E-state index is -3.52. The third-order valence-corrected chi connectivity index (χ3v) is 5.55. The molecular formula is C18H25N3O5S. The van der Waals surface area contributed by atoms with Crippen molar-refractivity contribution in [2.45, 2.75) is 43.9 Å². The second-order valence-corrected chi connectivity index (χ2v) is 8.00. The Bertz CT molecular complexity index is 820. The summed E-state index contributed by atoms with van der Waals surface area (Å²) < 4.78 is 26.4. The van der Waals surface area contributed by atoms with Gasteiger partial charge < -0.3 is 10.0 Å². The highest BCUT2D eigenvalue weighted by atomic mass is 32.2. The van der Waals surface area contributed by atoms with Gasteiger partial charge in [-0.3, -0.25) is 19.3 Å². The lowest BCUT2D eigenvalue weighted by Crippen LogP contribution is -2.36. The molecule has 0 aromatic heterocycles. The fraction of sp³-hybridized carbons (Fsp3) is 0.500. The molecule has 0 aliphatic carbocycles. The first-order valence-electron chi connectivity index (χ1n) is 9.01. The van der Waals surface area contributed by atoms with Gasteiger partial charge in [0.05, 0.1) is 4.90 Å². The molecule has 1 aromatic rings. The molecule has 0 saturated heterocycles. The van der Waals surface area contributed by atoms with E-state index in [2.05, 4.69) is 9.71 Å². The summed E-state index contributed by atoms with van der Waals surface area (Å²) in [6, 6.07) is 6.70. The fourth-order valence-electron chi connectivity index (χ4n) is 2.89. The van der Waals surface area contributed by atoms with Crippen molar-refractivity contribution in [3.05, 3.63) is 29.8 Å². The zero-order valence-corrected chi connectivity index (χ0v) is 16.2. The quantitative estimate of drug-likeness (QED) is 0.584. The fourth-order valence-corrected chi connectivity index (χ4v) is 4.14. The number of nitrogens with zero attached hydrogens (tertiary/aromatic N) is 2. The number of sulfonamides is 1. The Morgan fingerprint density at radius 2 is 1.93 bits per heavy atom. The third kappa shape index (κ3) is 5.78. The van der Waals surface area contributed by atoms with Crippen LogP contribution in [0.5, 0.6) is 0 Å². The van der Waals surface area contributed by atoms with Gasteiger partial charge in [0.15, 0.2) is 0 Å². The van der Waals surface area contributed by atoms with Gasteiger partial charge in [0.2, 0.25) is 5.91 Å². The minimum absolute atomic E-state index is 0.150. The van der Waals surface area contributed by atoms with Crippen LogP contribution in [-0.2, 0) is 19.6 Å². The third-order valence-electron chi connectivity index (χ3n) is 4.15. The van der Waals surface area contributed by atoms with E-state index in [1.807, 2.05) is 6.92 Å². The molecular weight excluding hydrogens is 370 g/mol. The number of aliphatic carboxylic acids is 1.